The van der Waals surface area contributed by atoms with Gasteiger partial charge in [-0.2, -0.15) is 0 Å². The summed E-state index contributed by atoms with van der Waals surface area (Å²) >= 11 is 0. The van der Waals surface area contributed by atoms with Gasteiger partial charge in [0.1, 0.15) is 11.4 Å². The minimum Gasteiger partial charge on any atom is -0.444 e. The molecule has 2 fully saturated rings. The monoisotopic (exact) mass is 349 g/mol. The van der Waals surface area contributed by atoms with Crippen molar-refractivity contribution in [3.8, 4) is 0 Å². The van der Waals surface area contributed by atoms with Gasteiger partial charge in [0.25, 0.3) is 0 Å². The number of rotatable bonds is 3. The van der Waals surface area contributed by atoms with E-state index in [1.807, 2.05) is 31.7 Å². The number of nitrogens with two attached hydrogens (primary N) is 1. The van der Waals surface area contributed by atoms with Gasteiger partial charge in [0.2, 0.25) is 0 Å². The van der Waals surface area contributed by atoms with Gasteiger partial charge in [-0.05, 0) is 62.8 Å². The van der Waals surface area contributed by atoms with Gasteiger partial charge in [0.05, 0.1) is 5.69 Å². The molecule has 138 valence electrons. The van der Waals surface area contributed by atoms with Crippen LogP contribution in [0.15, 0.2) is 12.1 Å². The second-order valence-corrected chi connectivity index (χ2v) is 7.94. The van der Waals surface area contributed by atoms with Crippen LogP contribution >= 0.6 is 0 Å². The summed E-state index contributed by atoms with van der Waals surface area (Å²) in [7, 11) is 0. The molecule has 2 N–H and O–H groups in total. The van der Waals surface area contributed by atoms with Crippen molar-refractivity contribution in [1.29, 1.82) is 0 Å². The van der Waals surface area contributed by atoms with Crippen LogP contribution in [0.3, 0.4) is 0 Å². The highest BCUT2D eigenvalue weighted by Gasteiger charge is 2.30. The lowest BCUT2D eigenvalue weighted by molar-refractivity contribution is 0.0240. The summed E-state index contributed by atoms with van der Waals surface area (Å²) in [6.07, 6.45) is 2.01. The van der Waals surface area contributed by atoms with E-state index in [2.05, 4.69) is 0 Å². The highest BCUT2D eigenvalue weighted by Crippen LogP contribution is 2.43. The lowest BCUT2D eigenvalue weighted by Gasteiger charge is -2.37. The number of halogens is 1. The van der Waals surface area contributed by atoms with Gasteiger partial charge in [0.15, 0.2) is 0 Å². The molecule has 1 heterocycles. The number of carbonyl (C=O) groups excluding carboxylic acids is 1. The fourth-order valence-corrected chi connectivity index (χ4v) is 3.27. The van der Waals surface area contributed by atoms with Crippen molar-refractivity contribution < 1.29 is 13.9 Å². The molecule has 1 aliphatic heterocycles. The highest BCUT2D eigenvalue weighted by atomic mass is 19.1. The van der Waals surface area contributed by atoms with E-state index in [1.54, 1.807) is 11.0 Å². The molecular weight excluding hydrogens is 321 g/mol. The SMILES string of the molecule is CC(C)(C)OC(=O)N1CCN(c2cc(C3CC3)c(CN)cc2F)CC1. The zero-order valence-corrected chi connectivity index (χ0v) is 15.3. The van der Waals surface area contributed by atoms with Crippen LogP contribution < -0.4 is 10.6 Å². The Morgan fingerprint density at radius 1 is 1.24 bits per heavy atom. The maximum atomic E-state index is 14.6. The van der Waals surface area contributed by atoms with Gasteiger partial charge in [-0.1, -0.05) is 0 Å². The first-order chi connectivity index (χ1) is 11.8. The lowest BCUT2D eigenvalue weighted by Crippen LogP contribution is -2.50. The molecule has 0 aromatic heterocycles. The molecule has 0 atom stereocenters. The molecule has 0 unspecified atom stereocenters. The Morgan fingerprint density at radius 3 is 2.40 bits per heavy atom. The van der Waals surface area contributed by atoms with E-state index in [-0.39, 0.29) is 11.9 Å². The molecule has 1 amide bonds. The van der Waals surface area contributed by atoms with Gasteiger partial charge < -0.3 is 20.3 Å². The highest BCUT2D eigenvalue weighted by molar-refractivity contribution is 5.68. The number of piperazine rings is 1. The van der Waals surface area contributed by atoms with Crippen LogP contribution in [0.25, 0.3) is 0 Å². The second kappa shape index (κ2) is 6.83. The van der Waals surface area contributed by atoms with Crippen molar-refractivity contribution >= 4 is 11.8 Å². The number of hydrogen-bond donors (Lipinski definition) is 1. The van der Waals surface area contributed by atoms with Crippen molar-refractivity contribution in [1.82, 2.24) is 4.90 Å². The fourth-order valence-electron chi connectivity index (χ4n) is 3.27. The zero-order chi connectivity index (χ0) is 18.2. The average Bonchev–Trinajstić information content (AvgIpc) is 3.38. The second-order valence-electron chi connectivity index (χ2n) is 7.94. The molecule has 2 aliphatic rings. The van der Waals surface area contributed by atoms with E-state index in [0.29, 0.717) is 44.3 Å². The Balaban J connectivity index is 1.69. The molecule has 1 saturated carbocycles. The Kier molecular flexibility index (Phi) is 4.91. The molecule has 1 aliphatic carbocycles. The standard InChI is InChI=1S/C19H28FN3O2/c1-19(2,3)25-18(24)23-8-6-22(7-9-23)17-11-15(13-4-5-13)14(12-21)10-16(17)20/h10-11,13H,4-9,12,21H2,1-3H3. The van der Waals surface area contributed by atoms with E-state index in [0.717, 1.165) is 18.4 Å². The predicted octanol–water partition coefficient (Wildman–Crippen LogP) is 3.22. The zero-order valence-electron chi connectivity index (χ0n) is 15.3. The minimum absolute atomic E-state index is 0.226. The van der Waals surface area contributed by atoms with Crippen LogP contribution in [-0.2, 0) is 11.3 Å². The smallest absolute Gasteiger partial charge is 0.410 e. The van der Waals surface area contributed by atoms with Gasteiger partial charge in [-0.3, -0.25) is 0 Å². The summed E-state index contributed by atoms with van der Waals surface area (Å²) in [5.74, 6) is 0.302. The largest absolute Gasteiger partial charge is 0.444 e. The summed E-state index contributed by atoms with van der Waals surface area (Å²) in [6.45, 7) is 8.20. The van der Waals surface area contributed by atoms with E-state index in [9.17, 15) is 9.18 Å². The number of hydrogen-bond acceptors (Lipinski definition) is 4. The minimum atomic E-state index is -0.502. The number of nitrogens with zero attached hydrogens (tertiary/aromatic N) is 2. The number of benzene rings is 1. The molecule has 1 saturated heterocycles. The third-order valence-electron chi connectivity index (χ3n) is 4.72. The van der Waals surface area contributed by atoms with E-state index >= 15 is 0 Å². The van der Waals surface area contributed by atoms with Crippen molar-refractivity contribution in [2.24, 2.45) is 5.73 Å². The molecule has 1 aromatic carbocycles. The first-order valence-corrected chi connectivity index (χ1v) is 9.04. The van der Waals surface area contributed by atoms with Crippen LogP contribution in [0.5, 0.6) is 0 Å². The number of carbonyl (C=O) groups is 1. The van der Waals surface area contributed by atoms with E-state index in [1.165, 1.54) is 5.56 Å². The molecule has 5 nitrogen and oxygen atoms in total. The average molecular weight is 349 g/mol. The molecule has 6 heteroatoms. The topological polar surface area (TPSA) is 58.8 Å². The van der Waals surface area contributed by atoms with Crippen molar-refractivity contribution in [3.63, 3.8) is 0 Å². The summed E-state index contributed by atoms with van der Waals surface area (Å²) < 4.78 is 20.0. The first-order valence-electron chi connectivity index (χ1n) is 9.04. The summed E-state index contributed by atoms with van der Waals surface area (Å²) in [5, 5.41) is 0. The Bertz CT molecular complexity index is 645. The van der Waals surface area contributed by atoms with Gasteiger partial charge in [-0.15, -0.1) is 0 Å². The van der Waals surface area contributed by atoms with E-state index < -0.39 is 5.60 Å². The maximum absolute atomic E-state index is 14.6. The predicted molar refractivity (Wildman–Crippen MR) is 96.3 cm³/mol. The third kappa shape index (κ3) is 4.24. The van der Waals surface area contributed by atoms with Crippen LogP contribution in [0, 0.1) is 5.82 Å². The van der Waals surface area contributed by atoms with E-state index in [4.69, 9.17) is 10.5 Å². The normalized spacial score (nSPS) is 18.4. The van der Waals surface area contributed by atoms with Crippen molar-refractivity contribution in [2.75, 3.05) is 31.1 Å². The van der Waals surface area contributed by atoms with Crippen LogP contribution in [0.1, 0.15) is 50.7 Å². The van der Waals surface area contributed by atoms with Gasteiger partial charge in [-0.25, -0.2) is 9.18 Å². The molecule has 0 radical (unpaired) electrons. The third-order valence-corrected chi connectivity index (χ3v) is 4.72. The van der Waals surface area contributed by atoms with Crippen LogP contribution in [0.4, 0.5) is 14.9 Å². The molecular formula is C19H28FN3O2. The van der Waals surface area contributed by atoms with Gasteiger partial charge >= 0.3 is 6.09 Å². The van der Waals surface area contributed by atoms with Crippen molar-refractivity contribution in [3.05, 3.63) is 29.1 Å². The van der Waals surface area contributed by atoms with Crippen LogP contribution in [-0.4, -0.2) is 42.8 Å². The first kappa shape index (κ1) is 18.0. The molecule has 0 bridgehead atoms. The van der Waals surface area contributed by atoms with Gasteiger partial charge in [0, 0.05) is 32.7 Å². The summed E-state index contributed by atoms with van der Waals surface area (Å²) in [6, 6.07) is 3.56. The number of ether oxygens (including phenoxy) is 1. The fraction of sp³-hybridized carbons (Fsp3) is 0.632. The summed E-state index contributed by atoms with van der Waals surface area (Å²) in [4.78, 5) is 15.9. The maximum Gasteiger partial charge on any atom is 0.410 e. The molecule has 3 rings (SSSR count). The molecule has 25 heavy (non-hydrogen) atoms. The van der Waals surface area contributed by atoms with Crippen LogP contribution in [0.2, 0.25) is 0 Å². The Morgan fingerprint density at radius 2 is 1.88 bits per heavy atom. The number of amides is 1. The quantitative estimate of drug-likeness (QED) is 0.910. The molecule has 0 spiro atoms. The lowest BCUT2D eigenvalue weighted by atomic mass is 10.0. The van der Waals surface area contributed by atoms with Crippen molar-refractivity contribution in [2.45, 2.75) is 51.7 Å². The number of anilines is 1. The summed E-state index contributed by atoms with van der Waals surface area (Å²) in [5.41, 5.74) is 8.00. The Labute approximate surface area is 148 Å². The Hall–Kier alpha value is -1.82. The molecule has 1 aromatic rings.